The quantitative estimate of drug-likeness (QED) is 0.887. The van der Waals surface area contributed by atoms with Gasteiger partial charge in [0.15, 0.2) is 11.6 Å². The maximum absolute atomic E-state index is 13.5. The Morgan fingerprint density at radius 3 is 2.74 bits per heavy atom. The molecule has 3 nitrogen and oxygen atoms in total. The average Bonchev–Trinajstić information content (AvgIpc) is 2.32. The highest BCUT2D eigenvalue weighted by Crippen LogP contribution is 2.25. The number of anilines is 1. The van der Waals surface area contributed by atoms with Crippen molar-refractivity contribution in [2.24, 2.45) is 5.73 Å². The van der Waals surface area contributed by atoms with E-state index in [2.05, 4.69) is 10.1 Å². The monoisotopic (exact) mass is 274 g/mol. The van der Waals surface area contributed by atoms with Gasteiger partial charge in [-0.2, -0.15) is 8.78 Å². The first-order valence-corrected chi connectivity index (χ1v) is 6.31. The molecular formula is C13H17F3N2O. The summed E-state index contributed by atoms with van der Waals surface area (Å²) in [4.78, 5) is 0. The van der Waals surface area contributed by atoms with E-state index in [1.165, 1.54) is 12.1 Å². The SMILES string of the molecule is NC1CCCC(Nc2ccc(OC(F)F)c(F)c2)C1. The Labute approximate surface area is 109 Å². The van der Waals surface area contributed by atoms with Crippen molar-refractivity contribution in [2.45, 2.75) is 44.4 Å². The van der Waals surface area contributed by atoms with Gasteiger partial charge in [-0.15, -0.1) is 0 Å². The number of nitrogens with one attached hydrogen (secondary N) is 1. The molecule has 1 aliphatic carbocycles. The van der Waals surface area contributed by atoms with Crippen molar-refractivity contribution in [3.63, 3.8) is 0 Å². The molecule has 106 valence electrons. The topological polar surface area (TPSA) is 47.3 Å². The fourth-order valence-corrected chi connectivity index (χ4v) is 2.38. The molecule has 19 heavy (non-hydrogen) atoms. The van der Waals surface area contributed by atoms with Crippen LogP contribution in [0.4, 0.5) is 18.9 Å². The number of hydrogen-bond donors (Lipinski definition) is 2. The minimum atomic E-state index is -3.02. The second-order valence-corrected chi connectivity index (χ2v) is 4.79. The summed E-state index contributed by atoms with van der Waals surface area (Å²) < 4.78 is 41.6. The van der Waals surface area contributed by atoms with Crippen LogP contribution >= 0.6 is 0 Å². The molecule has 0 saturated heterocycles. The smallest absolute Gasteiger partial charge is 0.387 e. The van der Waals surface area contributed by atoms with Crippen LogP contribution in [0.5, 0.6) is 5.75 Å². The first-order valence-electron chi connectivity index (χ1n) is 6.31. The number of rotatable bonds is 4. The van der Waals surface area contributed by atoms with Crippen molar-refractivity contribution in [3.05, 3.63) is 24.0 Å². The van der Waals surface area contributed by atoms with Crippen molar-refractivity contribution >= 4 is 5.69 Å². The third-order valence-electron chi connectivity index (χ3n) is 3.23. The van der Waals surface area contributed by atoms with Crippen molar-refractivity contribution in [1.29, 1.82) is 0 Å². The molecule has 0 aromatic heterocycles. The lowest BCUT2D eigenvalue weighted by Crippen LogP contribution is -2.34. The molecule has 0 aliphatic heterocycles. The molecule has 0 radical (unpaired) electrons. The third kappa shape index (κ3) is 4.02. The van der Waals surface area contributed by atoms with E-state index in [9.17, 15) is 13.2 Å². The van der Waals surface area contributed by atoms with Crippen LogP contribution < -0.4 is 15.8 Å². The van der Waals surface area contributed by atoms with Crippen LogP contribution in [0, 0.1) is 5.82 Å². The lowest BCUT2D eigenvalue weighted by molar-refractivity contribution is -0.0521. The van der Waals surface area contributed by atoms with Crippen LogP contribution in [-0.4, -0.2) is 18.7 Å². The Bertz CT molecular complexity index is 428. The van der Waals surface area contributed by atoms with Crippen molar-refractivity contribution in [3.8, 4) is 5.75 Å². The van der Waals surface area contributed by atoms with Gasteiger partial charge in [-0.25, -0.2) is 4.39 Å². The first kappa shape index (κ1) is 14.0. The standard InChI is InChI=1S/C13H17F3N2O/c14-11-7-10(4-5-12(11)19-13(15)16)18-9-3-1-2-8(17)6-9/h4-5,7-9,13,18H,1-3,6,17H2. The third-order valence-corrected chi connectivity index (χ3v) is 3.23. The largest absolute Gasteiger partial charge is 0.432 e. The normalized spacial score (nSPS) is 23.4. The molecule has 1 aromatic carbocycles. The van der Waals surface area contributed by atoms with E-state index in [0.29, 0.717) is 5.69 Å². The second-order valence-electron chi connectivity index (χ2n) is 4.79. The Kier molecular flexibility index (Phi) is 4.52. The first-order chi connectivity index (χ1) is 9.04. The van der Waals surface area contributed by atoms with Crippen LogP contribution in [0.25, 0.3) is 0 Å². The van der Waals surface area contributed by atoms with E-state index >= 15 is 0 Å². The van der Waals surface area contributed by atoms with Gasteiger partial charge in [-0.1, -0.05) is 0 Å². The summed E-state index contributed by atoms with van der Waals surface area (Å²) in [5.41, 5.74) is 6.42. The van der Waals surface area contributed by atoms with Gasteiger partial charge in [0, 0.05) is 23.8 Å². The van der Waals surface area contributed by atoms with Crippen LogP contribution in [0.15, 0.2) is 18.2 Å². The summed E-state index contributed by atoms with van der Waals surface area (Å²) >= 11 is 0. The number of alkyl halides is 2. The highest BCUT2D eigenvalue weighted by molar-refractivity contribution is 5.48. The molecule has 0 spiro atoms. The zero-order valence-electron chi connectivity index (χ0n) is 10.4. The van der Waals surface area contributed by atoms with Gasteiger partial charge in [-0.3, -0.25) is 0 Å². The summed E-state index contributed by atoms with van der Waals surface area (Å²) in [6, 6.07) is 4.26. The number of ether oxygens (including phenoxy) is 1. The minimum absolute atomic E-state index is 0.164. The van der Waals surface area contributed by atoms with E-state index in [1.807, 2.05) is 0 Å². The molecule has 1 fully saturated rings. The average molecular weight is 274 g/mol. The highest BCUT2D eigenvalue weighted by Gasteiger charge is 2.19. The molecule has 0 amide bonds. The van der Waals surface area contributed by atoms with Crippen LogP contribution in [0.3, 0.4) is 0 Å². The number of halogens is 3. The van der Waals surface area contributed by atoms with Gasteiger partial charge < -0.3 is 15.8 Å². The van der Waals surface area contributed by atoms with E-state index < -0.39 is 18.2 Å². The number of hydrogen-bond acceptors (Lipinski definition) is 3. The molecule has 2 unspecified atom stereocenters. The summed E-state index contributed by atoms with van der Waals surface area (Å²) in [5, 5.41) is 3.17. The molecule has 1 saturated carbocycles. The molecule has 2 atom stereocenters. The molecule has 0 heterocycles. The van der Waals surface area contributed by atoms with Gasteiger partial charge in [0.25, 0.3) is 0 Å². The van der Waals surface area contributed by atoms with Gasteiger partial charge in [-0.05, 0) is 37.8 Å². The predicted molar refractivity (Wildman–Crippen MR) is 66.9 cm³/mol. The maximum atomic E-state index is 13.5. The van der Waals surface area contributed by atoms with Gasteiger partial charge in [0.2, 0.25) is 0 Å². The Hall–Kier alpha value is -1.43. The Balaban J connectivity index is 1.99. The molecule has 3 N–H and O–H groups in total. The molecule has 6 heteroatoms. The number of nitrogens with two attached hydrogens (primary N) is 1. The van der Waals surface area contributed by atoms with Crippen LogP contribution in [-0.2, 0) is 0 Å². The minimum Gasteiger partial charge on any atom is -0.432 e. The number of benzene rings is 1. The van der Waals surface area contributed by atoms with E-state index in [-0.39, 0.29) is 12.1 Å². The fourth-order valence-electron chi connectivity index (χ4n) is 2.38. The Morgan fingerprint density at radius 1 is 1.32 bits per heavy atom. The van der Waals surface area contributed by atoms with Crippen molar-refractivity contribution < 1.29 is 17.9 Å². The van der Waals surface area contributed by atoms with E-state index in [1.54, 1.807) is 0 Å². The van der Waals surface area contributed by atoms with Crippen LogP contribution in [0.2, 0.25) is 0 Å². The van der Waals surface area contributed by atoms with Crippen molar-refractivity contribution in [2.75, 3.05) is 5.32 Å². The summed E-state index contributed by atoms with van der Waals surface area (Å²) in [6.07, 6.45) is 3.85. The molecule has 0 bridgehead atoms. The lowest BCUT2D eigenvalue weighted by Gasteiger charge is -2.28. The van der Waals surface area contributed by atoms with E-state index in [4.69, 9.17) is 5.73 Å². The van der Waals surface area contributed by atoms with Crippen molar-refractivity contribution in [1.82, 2.24) is 0 Å². The lowest BCUT2D eigenvalue weighted by atomic mass is 9.91. The molecule has 2 rings (SSSR count). The van der Waals surface area contributed by atoms with Crippen LogP contribution in [0.1, 0.15) is 25.7 Å². The van der Waals surface area contributed by atoms with Gasteiger partial charge in [0.05, 0.1) is 0 Å². The fraction of sp³-hybridized carbons (Fsp3) is 0.538. The van der Waals surface area contributed by atoms with E-state index in [0.717, 1.165) is 31.7 Å². The highest BCUT2D eigenvalue weighted by atomic mass is 19.3. The predicted octanol–water partition coefficient (Wildman–Crippen LogP) is 3.11. The molecule has 1 aliphatic rings. The summed E-state index contributed by atoms with van der Waals surface area (Å²) in [7, 11) is 0. The molecule has 1 aromatic rings. The van der Waals surface area contributed by atoms with Gasteiger partial charge in [0.1, 0.15) is 0 Å². The summed E-state index contributed by atoms with van der Waals surface area (Å²) in [5.74, 6) is -1.24. The maximum Gasteiger partial charge on any atom is 0.387 e. The zero-order chi connectivity index (χ0) is 13.8. The Morgan fingerprint density at radius 2 is 2.11 bits per heavy atom. The zero-order valence-corrected chi connectivity index (χ0v) is 10.4. The molecular weight excluding hydrogens is 257 g/mol. The van der Waals surface area contributed by atoms with Gasteiger partial charge >= 0.3 is 6.61 Å². The summed E-state index contributed by atoms with van der Waals surface area (Å²) in [6.45, 7) is -3.02. The second kappa shape index (κ2) is 6.14.